The van der Waals surface area contributed by atoms with Gasteiger partial charge in [-0.15, -0.1) is 0 Å². The van der Waals surface area contributed by atoms with Crippen molar-refractivity contribution in [2.24, 2.45) is 0 Å². The number of benzene rings is 1. The number of rotatable bonds is 4. The van der Waals surface area contributed by atoms with Crippen molar-refractivity contribution in [1.82, 2.24) is 31.0 Å². The average Bonchev–Trinajstić information content (AvgIpc) is 3.16. The van der Waals surface area contributed by atoms with Crippen molar-refractivity contribution in [2.75, 3.05) is 0 Å². The topological polar surface area (TPSA) is 100 Å². The van der Waals surface area contributed by atoms with Gasteiger partial charge in [-0.25, -0.2) is 15.2 Å². The minimum Gasteiger partial charge on any atom is -0.349 e. The van der Waals surface area contributed by atoms with Crippen LogP contribution in [0.25, 0.3) is 5.69 Å². The number of carbonyl (C=O) groups excluding carboxylic acids is 2. The molecule has 1 unspecified atom stereocenters. The monoisotopic (exact) mass is 286 g/mol. The minimum absolute atomic E-state index is 0.299. The molecule has 1 aromatic carbocycles. The molecule has 1 aliphatic rings. The van der Waals surface area contributed by atoms with Crippen LogP contribution in [0.1, 0.15) is 5.56 Å². The fraction of sp³-hybridized carbons (Fsp3) is 0.154. The van der Waals surface area contributed by atoms with Crippen LogP contribution in [0.15, 0.2) is 43.0 Å². The van der Waals surface area contributed by atoms with Crippen LogP contribution >= 0.6 is 0 Å². The van der Waals surface area contributed by atoms with Crippen molar-refractivity contribution in [2.45, 2.75) is 12.7 Å². The van der Waals surface area contributed by atoms with E-state index in [4.69, 9.17) is 0 Å². The Labute approximate surface area is 120 Å². The Hall–Kier alpha value is -2.87. The van der Waals surface area contributed by atoms with Crippen molar-refractivity contribution < 1.29 is 9.59 Å². The molecule has 1 atom stereocenters. The van der Waals surface area contributed by atoms with E-state index in [1.54, 1.807) is 12.5 Å². The van der Waals surface area contributed by atoms with Gasteiger partial charge < -0.3 is 15.2 Å². The number of hydrogen-bond donors (Lipinski definition) is 4. The van der Waals surface area contributed by atoms with E-state index in [-0.39, 0.29) is 5.91 Å². The first-order valence-electron chi connectivity index (χ1n) is 6.39. The van der Waals surface area contributed by atoms with E-state index < -0.39 is 12.2 Å². The van der Waals surface area contributed by atoms with Crippen molar-refractivity contribution in [3.63, 3.8) is 0 Å². The van der Waals surface area contributed by atoms with E-state index >= 15 is 0 Å². The highest BCUT2D eigenvalue weighted by Gasteiger charge is 2.25. The number of aromatic nitrogens is 2. The Morgan fingerprint density at radius 1 is 1.33 bits per heavy atom. The number of imidazole rings is 1. The molecular weight excluding hydrogens is 272 g/mol. The highest BCUT2D eigenvalue weighted by atomic mass is 16.2. The molecule has 8 nitrogen and oxygen atoms in total. The number of urea groups is 1. The number of carbonyl (C=O) groups is 2. The van der Waals surface area contributed by atoms with Crippen molar-refractivity contribution in [3.05, 3.63) is 48.5 Å². The lowest BCUT2D eigenvalue weighted by molar-refractivity contribution is -0.123. The lowest BCUT2D eigenvalue weighted by Gasteiger charge is -2.10. The maximum atomic E-state index is 11.8. The first-order chi connectivity index (χ1) is 10.2. The molecule has 1 fully saturated rings. The maximum Gasteiger partial charge on any atom is 0.330 e. The van der Waals surface area contributed by atoms with Gasteiger partial charge in [0.1, 0.15) is 0 Å². The van der Waals surface area contributed by atoms with E-state index in [0.717, 1.165) is 11.3 Å². The second-order valence-corrected chi connectivity index (χ2v) is 4.53. The fourth-order valence-corrected chi connectivity index (χ4v) is 1.96. The summed E-state index contributed by atoms with van der Waals surface area (Å²) in [7, 11) is 0. The summed E-state index contributed by atoms with van der Waals surface area (Å²) in [6, 6.07) is 7.32. The molecule has 3 amide bonds. The summed E-state index contributed by atoms with van der Waals surface area (Å²) in [5.41, 5.74) is 6.80. The van der Waals surface area contributed by atoms with Gasteiger partial charge in [0, 0.05) is 24.6 Å². The summed E-state index contributed by atoms with van der Waals surface area (Å²) in [6.45, 7) is 0.386. The Kier molecular flexibility index (Phi) is 3.52. The van der Waals surface area contributed by atoms with Gasteiger partial charge in [-0.2, -0.15) is 0 Å². The normalized spacial score (nSPS) is 17.1. The summed E-state index contributed by atoms with van der Waals surface area (Å²) in [5.74, 6) is -0.299. The van der Waals surface area contributed by atoms with E-state index in [1.807, 2.05) is 35.0 Å². The number of hydrogen-bond acceptors (Lipinski definition) is 4. The van der Waals surface area contributed by atoms with Gasteiger partial charge in [0.2, 0.25) is 0 Å². The van der Waals surface area contributed by atoms with Crippen molar-refractivity contribution >= 4 is 11.9 Å². The molecule has 1 aliphatic heterocycles. The molecule has 2 heterocycles. The third-order valence-corrected chi connectivity index (χ3v) is 3.07. The molecule has 0 spiro atoms. The first kappa shape index (κ1) is 13.1. The number of nitrogens with zero attached hydrogens (tertiary/aromatic N) is 2. The zero-order chi connectivity index (χ0) is 14.7. The van der Waals surface area contributed by atoms with Gasteiger partial charge in [-0.3, -0.25) is 10.2 Å². The molecule has 4 N–H and O–H groups in total. The summed E-state index contributed by atoms with van der Waals surface area (Å²) < 4.78 is 1.89. The van der Waals surface area contributed by atoms with Crippen LogP contribution in [-0.2, 0) is 11.3 Å². The molecule has 21 heavy (non-hydrogen) atoms. The van der Waals surface area contributed by atoms with Crippen molar-refractivity contribution in [3.8, 4) is 5.69 Å². The van der Waals surface area contributed by atoms with Crippen LogP contribution in [-0.4, -0.2) is 27.7 Å². The van der Waals surface area contributed by atoms with Crippen LogP contribution in [0.3, 0.4) is 0 Å². The second-order valence-electron chi connectivity index (χ2n) is 4.53. The van der Waals surface area contributed by atoms with Gasteiger partial charge in [0.15, 0.2) is 6.17 Å². The first-order valence-corrected chi connectivity index (χ1v) is 6.39. The van der Waals surface area contributed by atoms with Crippen LogP contribution in [0, 0.1) is 0 Å². The lowest BCUT2D eigenvalue weighted by atomic mass is 10.2. The zero-order valence-electron chi connectivity index (χ0n) is 11.0. The standard InChI is InChI=1S/C13H14N6O2/c20-12(11-16-13(21)18-17-11)15-7-9-1-3-10(4-2-9)19-6-5-14-8-19/h1-6,8,11,17H,7H2,(H,15,20)(H2,16,18,21). The Balaban J connectivity index is 1.56. The maximum absolute atomic E-state index is 11.8. The second kappa shape index (κ2) is 5.63. The molecule has 1 aromatic heterocycles. The van der Waals surface area contributed by atoms with Gasteiger partial charge in [0.25, 0.3) is 5.91 Å². The van der Waals surface area contributed by atoms with Gasteiger partial charge in [-0.1, -0.05) is 12.1 Å². The quantitative estimate of drug-likeness (QED) is 0.616. The van der Waals surface area contributed by atoms with E-state index in [2.05, 4.69) is 26.5 Å². The third kappa shape index (κ3) is 3.00. The van der Waals surface area contributed by atoms with Crippen LogP contribution in [0.5, 0.6) is 0 Å². The number of amides is 3. The van der Waals surface area contributed by atoms with E-state index in [9.17, 15) is 9.59 Å². The van der Waals surface area contributed by atoms with E-state index in [0.29, 0.717) is 6.54 Å². The Morgan fingerprint density at radius 2 is 2.14 bits per heavy atom. The zero-order valence-corrected chi connectivity index (χ0v) is 11.0. The van der Waals surface area contributed by atoms with Crippen molar-refractivity contribution in [1.29, 1.82) is 0 Å². The predicted molar refractivity (Wildman–Crippen MR) is 74.0 cm³/mol. The predicted octanol–water partition coefficient (Wildman–Crippen LogP) is -0.368. The molecule has 2 aromatic rings. The van der Waals surface area contributed by atoms with Crippen LogP contribution in [0.2, 0.25) is 0 Å². The fourth-order valence-electron chi connectivity index (χ4n) is 1.96. The Morgan fingerprint density at radius 3 is 2.76 bits per heavy atom. The van der Waals surface area contributed by atoms with Gasteiger partial charge >= 0.3 is 6.03 Å². The largest absolute Gasteiger partial charge is 0.349 e. The molecule has 0 bridgehead atoms. The summed E-state index contributed by atoms with van der Waals surface area (Å²) in [5, 5.41) is 5.17. The summed E-state index contributed by atoms with van der Waals surface area (Å²) >= 11 is 0. The SMILES string of the molecule is O=C1NNC(C(=O)NCc2ccc(-n3ccnc3)cc2)N1. The molecule has 108 valence electrons. The molecule has 1 saturated heterocycles. The average molecular weight is 286 g/mol. The van der Waals surface area contributed by atoms with Gasteiger partial charge in [-0.05, 0) is 17.7 Å². The smallest absolute Gasteiger partial charge is 0.330 e. The molecule has 0 radical (unpaired) electrons. The minimum atomic E-state index is -0.747. The van der Waals surface area contributed by atoms with Crippen LogP contribution < -0.4 is 21.5 Å². The molecule has 0 aliphatic carbocycles. The summed E-state index contributed by atoms with van der Waals surface area (Å²) in [4.78, 5) is 26.7. The highest BCUT2D eigenvalue weighted by Crippen LogP contribution is 2.09. The summed E-state index contributed by atoms with van der Waals surface area (Å²) in [6.07, 6.45) is 4.55. The Bertz CT molecular complexity index is 637. The lowest BCUT2D eigenvalue weighted by Crippen LogP contribution is -2.47. The number of nitrogens with one attached hydrogen (secondary N) is 4. The number of hydrazine groups is 1. The molecule has 0 saturated carbocycles. The molecule has 8 heteroatoms. The van der Waals surface area contributed by atoms with Gasteiger partial charge in [0.05, 0.1) is 6.33 Å². The third-order valence-electron chi connectivity index (χ3n) is 3.07. The van der Waals surface area contributed by atoms with Crippen LogP contribution in [0.4, 0.5) is 4.79 Å². The molecule has 3 rings (SSSR count). The van der Waals surface area contributed by atoms with E-state index in [1.165, 1.54) is 0 Å². The molecular formula is C13H14N6O2. The highest BCUT2D eigenvalue weighted by molar-refractivity contribution is 5.88.